The Bertz CT molecular complexity index is 552. The molecule has 3 heteroatoms. The number of rotatable bonds is 4. The normalized spacial score (nSPS) is 12.4. The molecule has 0 bridgehead atoms. The third-order valence-corrected chi connectivity index (χ3v) is 3.31. The molecule has 0 aliphatic rings. The number of halogens is 2. The number of hydrogen-bond acceptors (Lipinski definition) is 1. The second-order valence-corrected chi connectivity index (χ2v) is 4.71. The molecule has 1 unspecified atom stereocenters. The quantitative estimate of drug-likeness (QED) is 0.887. The fourth-order valence-corrected chi connectivity index (χ4v) is 2.11. The average molecular weight is 261 g/mol. The molecule has 0 spiro atoms. The monoisotopic (exact) mass is 261 g/mol. The van der Waals surface area contributed by atoms with E-state index < -0.39 is 11.6 Å². The van der Waals surface area contributed by atoms with Crippen molar-refractivity contribution in [2.75, 3.05) is 0 Å². The van der Waals surface area contributed by atoms with Crippen LogP contribution in [0.2, 0.25) is 0 Å². The van der Waals surface area contributed by atoms with Crippen LogP contribution < -0.4 is 5.73 Å². The van der Waals surface area contributed by atoms with Crippen molar-refractivity contribution < 1.29 is 8.78 Å². The van der Waals surface area contributed by atoms with Crippen LogP contribution in [0.5, 0.6) is 0 Å². The Morgan fingerprint density at radius 3 is 2.42 bits per heavy atom. The largest absolute Gasteiger partial charge is 0.324 e. The number of aryl methyl sites for hydroxylation is 1. The molecule has 0 amide bonds. The summed E-state index contributed by atoms with van der Waals surface area (Å²) in [5.41, 5.74) is 7.61. The van der Waals surface area contributed by atoms with E-state index in [0.29, 0.717) is 18.4 Å². The molecule has 100 valence electrons. The van der Waals surface area contributed by atoms with Gasteiger partial charge in [0, 0.05) is 11.6 Å². The smallest absolute Gasteiger partial charge is 0.132 e. The van der Waals surface area contributed by atoms with Gasteiger partial charge in [0.2, 0.25) is 0 Å². The van der Waals surface area contributed by atoms with Crippen molar-refractivity contribution in [2.24, 2.45) is 5.73 Å². The molecule has 0 saturated carbocycles. The molecular formula is C16H17F2N. The van der Waals surface area contributed by atoms with Gasteiger partial charge in [-0.25, -0.2) is 8.78 Å². The Morgan fingerprint density at radius 2 is 1.74 bits per heavy atom. The predicted octanol–water partition coefficient (Wildman–Crippen LogP) is 3.91. The third kappa shape index (κ3) is 3.18. The van der Waals surface area contributed by atoms with Gasteiger partial charge < -0.3 is 5.73 Å². The first kappa shape index (κ1) is 13.7. The molecule has 0 saturated heterocycles. The van der Waals surface area contributed by atoms with Crippen molar-refractivity contribution in [3.05, 3.63) is 70.8 Å². The lowest BCUT2D eigenvalue weighted by Crippen LogP contribution is -2.12. The van der Waals surface area contributed by atoms with E-state index in [0.717, 1.165) is 5.56 Å². The molecule has 0 heterocycles. The number of benzene rings is 2. The molecule has 0 radical (unpaired) electrons. The van der Waals surface area contributed by atoms with Gasteiger partial charge >= 0.3 is 0 Å². The van der Waals surface area contributed by atoms with Gasteiger partial charge in [0.1, 0.15) is 11.6 Å². The van der Waals surface area contributed by atoms with Gasteiger partial charge in [0.05, 0.1) is 0 Å². The molecule has 0 aromatic heterocycles. The van der Waals surface area contributed by atoms with Crippen LogP contribution in [0.25, 0.3) is 0 Å². The SMILES string of the molecule is Cc1ccc(F)c(CCC(N)c2ccccc2)c1F. The molecule has 0 aliphatic heterocycles. The molecule has 2 aromatic carbocycles. The minimum absolute atomic E-state index is 0.131. The molecule has 19 heavy (non-hydrogen) atoms. The summed E-state index contributed by atoms with van der Waals surface area (Å²) in [5, 5.41) is 0. The van der Waals surface area contributed by atoms with Crippen molar-refractivity contribution in [1.29, 1.82) is 0 Å². The van der Waals surface area contributed by atoms with E-state index >= 15 is 0 Å². The highest BCUT2D eigenvalue weighted by atomic mass is 19.1. The Labute approximate surface area is 112 Å². The van der Waals surface area contributed by atoms with Gasteiger partial charge in [-0.2, -0.15) is 0 Å². The average Bonchev–Trinajstić information content (AvgIpc) is 2.44. The number of nitrogens with two attached hydrogens (primary N) is 1. The first-order chi connectivity index (χ1) is 9.09. The van der Waals surface area contributed by atoms with E-state index in [9.17, 15) is 8.78 Å². The maximum atomic E-state index is 13.8. The van der Waals surface area contributed by atoms with Gasteiger partial charge in [-0.3, -0.25) is 0 Å². The zero-order valence-corrected chi connectivity index (χ0v) is 10.9. The summed E-state index contributed by atoms with van der Waals surface area (Å²) in [6, 6.07) is 12.1. The lowest BCUT2D eigenvalue weighted by molar-refractivity contribution is 0.533. The molecule has 1 nitrogen and oxygen atoms in total. The summed E-state index contributed by atoms with van der Waals surface area (Å²) in [4.78, 5) is 0. The second kappa shape index (κ2) is 5.93. The van der Waals surface area contributed by atoms with Gasteiger partial charge in [0.15, 0.2) is 0 Å². The van der Waals surface area contributed by atoms with Crippen LogP contribution in [-0.2, 0) is 6.42 Å². The fraction of sp³-hybridized carbons (Fsp3) is 0.250. The van der Waals surface area contributed by atoms with Gasteiger partial charge in [-0.1, -0.05) is 36.4 Å². The predicted molar refractivity (Wildman–Crippen MR) is 72.8 cm³/mol. The fourth-order valence-electron chi connectivity index (χ4n) is 2.11. The maximum Gasteiger partial charge on any atom is 0.132 e. The molecule has 2 N–H and O–H groups in total. The summed E-state index contributed by atoms with van der Waals surface area (Å²) in [5.74, 6) is -0.955. The minimum Gasteiger partial charge on any atom is -0.324 e. The Hall–Kier alpha value is -1.74. The molecule has 2 aromatic rings. The third-order valence-electron chi connectivity index (χ3n) is 3.31. The van der Waals surface area contributed by atoms with Crippen molar-refractivity contribution in [3.8, 4) is 0 Å². The highest BCUT2D eigenvalue weighted by Crippen LogP contribution is 2.21. The van der Waals surface area contributed by atoms with Crippen molar-refractivity contribution >= 4 is 0 Å². The van der Waals surface area contributed by atoms with Crippen molar-refractivity contribution in [3.63, 3.8) is 0 Å². The van der Waals surface area contributed by atoms with E-state index in [4.69, 9.17) is 5.73 Å². The highest BCUT2D eigenvalue weighted by Gasteiger charge is 2.13. The van der Waals surface area contributed by atoms with Crippen LogP contribution in [-0.4, -0.2) is 0 Å². The number of hydrogen-bond donors (Lipinski definition) is 1. The van der Waals surface area contributed by atoms with Crippen LogP contribution in [0, 0.1) is 18.6 Å². The van der Waals surface area contributed by atoms with Crippen molar-refractivity contribution in [1.82, 2.24) is 0 Å². The zero-order chi connectivity index (χ0) is 13.8. The summed E-state index contributed by atoms with van der Waals surface area (Å²) in [7, 11) is 0. The molecule has 2 rings (SSSR count). The van der Waals surface area contributed by atoms with Crippen LogP contribution in [0.4, 0.5) is 8.78 Å². The summed E-state index contributed by atoms with van der Waals surface area (Å²) in [6.45, 7) is 1.63. The van der Waals surface area contributed by atoms with Crippen LogP contribution in [0.15, 0.2) is 42.5 Å². The molecule has 0 aliphatic carbocycles. The van der Waals surface area contributed by atoms with E-state index in [1.165, 1.54) is 12.1 Å². The molecule has 1 atom stereocenters. The Balaban J connectivity index is 2.09. The summed E-state index contributed by atoms with van der Waals surface area (Å²) < 4.78 is 27.4. The van der Waals surface area contributed by atoms with Crippen LogP contribution >= 0.6 is 0 Å². The lowest BCUT2D eigenvalue weighted by atomic mass is 9.98. The minimum atomic E-state index is -0.497. The molecular weight excluding hydrogens is 244 g/mol. The second-order valence-electron chi connectivity index (χ2n) is 4.71. The van der Waals surface area contributed by atoms with Gasteiger partial charge in [-0.15, -0.1) is 0 Å². The summed E-state index contributed by atoms with van der Waals surface area (Å²) in [6.07, 6.45) is 0.816. The highest BCUT2D eigenvalue weighted by molar-refractivity contribution is 5.27. The van der Waals surface area contributed by atoms with Gasteiger partial charge in [-0.05, 0) is 37.0 Å². The van der Waals surface area contributed by atoms with Crippen LogP contribution in [0.3, 0.4) is 0 Å². The first-order valence-corrected chi connectivity index (χ1v) is 6.33. The topological polar surface area (TPSA) is 26.0 Å². The molecule has 0 fully saturated rings. The van der Waals surface area contributed by atoms with E-state index in [-0.39, 0.29) is 11.6 Å². The zero-order valence-electron chi connectivity index (χ0n) is 10.9. The summed E-state index contributed by atoms with van der Waals surface area (Å²) >= 11 is 0. The van der Waals surface area contributed by atoms with Gasteiger partial charge in [0.25, 0.3) is 0 Å². The van der Waals surface area contributed by atoms with E-state index in [1.807, 2.05) is 30.3 Å². The van der Waals surface area contributed by atoms with E-state index in [1.54, 1.807) is 6.92 Å². The van der Waals surface area contributed by atoms with Crippen LogP contribution in [0.1, 0.15) is 29.2 Å². The Morgan fingerprint density at radius 1 is 1.05 bits per heavy atom. The standard InChI is InChI=1S/C16H17F2N/c1-11-7-9-14(17)13(16(11)18)8-10-15(19)12-5-3-2-4-6-12/h2-7,9,15H,8,10,19H2,1H3. The lowest BCUT2D eigenvalue weighted by Gasteiger charge is -2.13. The first-order valence-electron chi connectivity index (χ1n) is 6.33. The van der Waals surface area contributed by atoms with Crippen molar-refractivity contribution in [2.45, 2.75) is 25.8 Å². The maximum absolute atomic E-state index is 13.8. The Kier molecular flexibility index (Phi) is 4.27. The van der Waals surface area contributed by atoms with E-state index in [2.05, 4.69) is 0 Å².